The van der Waals surface area contributed by atoms with Crippen molar-refractivity contribution in [1.82, 2.24) is 20.1 Å². The van der Waals surface area contributed by atoms with Gasteiger partial charge in [-0.1, -0.05) is 47.6 Å². The molecule has 3 rings (SSSR count). The summed E-state index contributed by atoms with van der Waals surface area (Å²) in [6.07, 6.45) is 1.74. The summed E-state index contributed by atoms with van der Waals surface area (Å²) < 4.78 is 7.98. The van der Waals surface area contributed by atoms with Crippen LogP contribution in [0.2, 0.25) is 0 Å². The van der Waals surface area contributed by atoms with Crippen molar-refractivity contribution >= 4 is 45.2 Å². The summed E-state index contributed by atoms with van der Waals surface area (Å²) in [5.74, 6) is 1.12. The van der Waals surface area contributed by atoms with Crippen LogP contribution in [0.25, 0.3) is 0 Å². The van der Waals surface area contributed by atoms with Gasteiger partial charge in [0.2, 0.25) is 5.91 Å². The smallest absolute Gasteiger partial charge is 0.251 e. The van der Waals surface area contributed by atoms with Crippen molar-refractivity contribution in [3.8, 4) is 5.75 Å². The van der Waals surface area contributed by atoms with Gasteiger partial charge in [0, 0.05) is 22.3 Å². The molecule has 0 aliphatic heterocycles. The number of ether oxygens (including phenoxy) is 1. The van der Waals surface area contributed by atoms with E-state index in [0.717, 1.165) is 4.47 Å². The largest absolute Gasteiger partial charge is 0.497 e. The van der Waals surface area contributed by atoms with Gasteiger partial charge in [-0.15, -0.1) is 16.8 Å². The first kappa shape index (κ1) is 26.5. The highest BCUT2D eigenvalue weighted by atomic mass is 79.9. The highest BCUT2D eigenvalue weighted by molar-refractivity contribution is 9.10. The standard InChI is InChI=1S/C25H28BrN5O3S/c1-5-14-31-23(22(16(2)3)28-24(33)17-6-12-20(34-4)13-7-17)29-30-25(31)35-15-21(32)27-19-10-8-18(26)9-11-19/h5-13,16,22H,1,14-15H2,2-4H3,(H,27,32)(H,28,33). The van der Waals surface area contributed by atoms with E-state index in [1.807, 2.05) is 42.7 Å². The molecule has 0 radical (unpaired) electrons. The molecule has 1 aromatic heterocycles. The lowest BCUT2D eigenvalue weighted by atomic mass is 10.0. The van der Waals surface area contributed by atoms with Gasteiger partial charge in [-0.2, -0.15) is 0 Å². The van der Waals surface area contributed by atoms with Gasteiger partial charge in [-0.05, 0) is 54.4 Å². The molecular weight excluding hydrogens is 530 g/mol. The third-order valence-electron chi connectivity index (χ3n) is 5.10. The summed E-state index contributed by atoms with van der Waals surface area (Å²) in [5, 5.41) is 15.2. The molecule has 35 heavy (non-hydrogen) atoms. The maximum absolute atomic E-state index is 12.9. The predicted molar refractivity (Wildman–Crippen MR) is 142 cm³/mol. The first-order chi connectivity index (χ1) is 16.8. The predicted octanol–water partition coefficient (Wildman–Crippen LogP) is 5.09. The lowest BCUT2D eigenvalue weighted by Crippen LogP contribution is -2.33. The lowest BCUT2D eigenvalue weighted by molar-refractivity contribution is -0.113. The molecule has 0 saturated carbocycles. The molecule has 8 nitrogen and oxygen atoms in total. The molecule has 0 saturated heterocycles. The zero-order valence-corrected chi connectivity index (χ0v) is 22.2. The fourth-order valence-electron chi connectivity index (χ4n) is 3.29. The van der Waals surface area contributed by atoms with Crippen molar-refractivity contribution in [3.05, 3.63) is 77.0 Å². The summed E-state index contributed by atoms with van der Waals surface area (Å²) in [6.45, 7) is 8.29. The number of nitrogens with zero attached hydrogens (tertiary/aromatic N) is 3. The number of nitrogens with one attached hydrogen (secondary N) is 2. The van der Waals surface area contributed by atoms with E-state index in [4.69, 9.17) is 4.74 Å². The molecule has 2 N–H and O–H groups in total. The van der Waals surface area contributed by atoms with E-state index in [9.17, 15) is 9.59 Å². The average molecular weight is 559 g/mol. The van der Waals surface area contributed by atoms with Crippen molar-refractivity contribution in [2.45, 2.75) is 31.6 Å². The third-order valence-corrected chi connectivity index (χ3v) is 6.60. The number of amides is 2. The maximum Gasteiger partial charge on any atom is 0.251 e. The minimum Gasteiger partial charge on any atom is -0.497 e. The number of thioether (sulfide) groups is 1. The van der Waals surface area contributed by atoms with Crippen LogP contribution >= 0.6 is 27.7 Å². The van der Waals surface area contributed by atoms with E-state index in [1.54, 1.807) is 37.5 Å². The van der Waals surface area contributed by atoms with Crippen molar-refractivity contribution in [3.63, 3.8) is 0 Å². The number of carbonyl (C=O) groups excluding carboxylic acids is 2. The minimum absolute atomic E-state index is 0.0449. The Morgan fingerprint density at radius 3 is 2.43 bits per heavy atom. The second-order valence-corrected chi connectivity index (χ2v) is 9.87. The minimum atomic E-state index is -0.386. The van der Waals surface area contributed by atoms with E-state index < -0.39 is 0 Å². The van der Waals surface area contributed by atoms with Gasteiger partial charge in [0.15, 0.2) is 11.0 Å². The van der Waals surface area contributed by atoms with Crippen molar-refractivity contribution in [1.29, 1.82) is 0 Å². The molecule has 1 unspecified atom stereocenters. The van der Waals surface area contributed by atoms with E-state index in [-0.39, 0.29) is 29.5 Å². The Balaban J connectivity index is 1.73. The number of anilines is 1. The van der Waals surface area contributed by atoms with Crippen LogP contribution in [0.4, 0.5) is 5.69 Å². The molecule has 2 aromatic carbocycles. The van der Waals surface area contributed by atoms with Gasteiger partial charge < -0.3 is 19.9 Å². The third kappa shape index (κ3) is 7.19. The molecule has 0 bridgehead atoms. The molecule has 2 amide bonds. The van der Waals surface area contributed by atoms with Gasteiger partial charge in [0.25, 0.3) is 5.91 Å². The zero-order chi connectivity index (χ0) is 25.4. The number of carbonyl (C=O) groups is 2. The van der Waals surface area contributed by atoms with E-state index in [2.05, 4.69) is 43.3 Å². The van der Waals surface area contributed by atoms with Gasteiger partial charge >= 0.3 is 0 Å². The first-order valence-electron chi connectivity index (χ1n) is 11.0. The fourth-order valence-corrected chi connectivity index (χ4v) is 4.31. The Kier molecular flexibility index (Phi) is 9.50. The van der Waals surface area contributed by atoms with Crippen LogP contribution in [0.5, 0.6) is 5.75 Å². The summed E-state index contributed by atoms with van der Waals surface area (Å²) in [6, 6.07) is 13.9. The Hall–Kier alpha value is -3.11. The molecular formula is C25H28BrN5O3S. The van der Waals surface area contributed by atoms with Gasteiger partial charge in [-0.25, -0.2) is 0 Å². The number of benzene rings is 2. The number of rotatable bonds is 11. The van der Waals surface area contributed by atoms with Gasteiger partial charge in [0.05, 0.1) is 18.9 Å². The Morgan fingerprint density at radius 1 is 1.14 bits per heavy atom. The number of methoxy groups -OCH3 is 1. The van der Waals surface area contributed by atoms with E-state index in [1.165, 1.54) is 11.8 Å². The van der Waals surface area contributed by atoms with Crippen LogP contribution in [0, 0.1) is 5.92 Å². The first-order valence-corrected chi connectivity index (χ1v) is 12.8. The quantitative estimate of drug-likeness (QED) is 0.251. The van der Waals surface area contributed by atoms with E-state index >= 15 is 0 Å². The normalized spacial score (nSPS) is 11.7. The summed E-state index contributed by atoms with van der Waals surface area (Å²) in [4.78, 5) is 25.4. The lowest BCUT2D eigenvalue weighted by Gasteiger charge is -2.22. The van der Waals surface area contributed by atoms with Crippen LogP contribution in [0.15, 0.2) is 70.8 Å². The second-order valence-electron chi connectivity index (χ2n) is 8.01. The Labute approximate surface area is 217 Å². The molecule has 0 aliphatic rings. The number of allylic oxidation sites excluding steroid dienone is 1. The van der Waals surface area contributed by atoms with Crippen LogP contribution in [-0.4, -0.2) is 39.4 Å². The summed E-state index contributed by atoms with van der Waals surface area (Å²) in [5.41, 5.74) is 1.23. The van der Waals surface area contributed by atoms with Crippen LogP contribution < -0.4 is 15.4 Å². The van der Waals surface area contributed by atoms with Crippen LogP contribution in [0.1, 0.15) is 36.1 Å². The highest BCUT2D eigenvalue weighted by Crippen LogP contribution is 2.26. The molecule has 1 atom stereocenters. The Morgan fingerprint density at radius 2 is 1.83 bits per heavy atom. The number of hydrogen-bond acceptors (Lipinski definition) is 6. The van der Waals surface area contributed by atoms with Gasteiger partial charge in [0.1, 0.15) is 5.75 Å². The topological polar surface area (TPSA) is 98.1 Å². The summed E-state index contributed by atoms with van der Waals surface area (Å²) >= 11 is 4.66. The van der Waals surface area contributed by atoms with Crippen LogP contribution in [0.3, 0.4) is 0 Å². The van der Waals surface area contributed by atoms with Gasteiger partial charge in [-0.3, -0.25) is 9.59 Å². The molecule has 0 spiro atoms. The van der Waals surface area contributed by atoms with Crippen molar-refractivity contribution in [2.75, 3.05) is 18.2 Å². The summed E-state index contributed by atoms with van der Waals surface area (Å²) in [7, 11) is 1.58. The maximum atomic E-state index is 12.9. The van der Waals surface area contributed by atoms with Crippen molar-refractivity contribution < 1.29 is 14.3 Å². The number of halogens is 1. The second kappa shape index (κ2) is 12.6. The Bertz CT molecular complexity index is 1160. The zero-order valence-electron chi connectivity index (χ0n) is 19.8. The van der Waals surface area contributed by atoms with Crippen LogP contribution in [-0.2, 0) is 11.3 Å². The molecule has 0 aliphatic carbocycles. The van der Waals surface area contributed by atoms with Crippen molar-refractivity contribution in [2.24, 2.45) is 5.92 Å². The number of hydrogen-bond donors (Lipinski definition) is 2. The highest BCUT2D eigenvalue weighted by Gasteiger charge is 2.26. The molecule has 0 fully saturated rings. The SMILES string of the molecule is C=CCn1c(SCC(=O)Nc2ccc(Br)cc2)nnc1C(NC(=O)c1ccc(OC)cc1)C(C)C. The average Bonchev–Trinajstić information content (AvgIpc) is 3.24. The van der Waals surface area contributed by atoms with E-state index in [0.29, 0.717) is 34.5 Å². The molecule has 3 aromatic rings. The number of aromatic nitrogens is 3. The monoisotopic (exact) mass is 557 g/mol. The molecule has 184 valence electrons. The fraction of sp³-hybridized carbons (Fsp3) is 0.280. The molecule has 1 heterocycles. The molecule has 10 heteroatoms.